The Morgan fingerprint density at radius 1 is 1.35 bits per heavy atom. The number of hydrogen-bond donors (Lipinski definition) is 1. The monoisotopic (exact) mass is 330 g/mol. The van der Waals surface area contributed by atoms with E-state index in [0.29, 0.717) is 17.4 Å². The van der Waals surface area contributed by atoms with Crippen molar-refractivity contribution in [3.05, 3.63) is 47.2 Å². The molecule has 1 unspecified atom stereocenters. The van der Waals surface area contributed by atoms with Crippen LogP contribution in [0.15, 0.2) is 36.5 Å². The molecule has 6 heteroatoms. The average molecular weight is 331 g/mol. The van der Waals surface area contributed by atoms with Gasteiger partial charge in [0.25, 0.3) is 0 Å². The Balaban J connectivity index is 1.65. The Bertz CT molecular complexity index is 689. The number of rotatable bonds is 3. The van der Waals surface area contributed by atoms with Crippen LogP contribution in [0.2, 0.25) is 5.02 Å². The third-order valence-corrected chi connectivity index (χ3v) is 4.19. The van der Waals surface area contributed by atoms with Gasteiger partial charge in [0.2, 0.25) is 5.91 Å². The molecule has 5 nitrogen and oxygen atoms in total. The zero-order valence-corrected chi connectivity index (χ0v) is 13.8. The van der Waals surface area contributed by atoms with Crippen molar-refractivity contribution in [2.75, 3.05) is 23.3 Å². The molecule has 0 aromatic carbocycles. The lowest BCUT2D eigenvalue weighted by atomic mass is 9.97. The highest BCUT2D eigenvalue weighted by Gasteiger charge is 2.26. The van der Waals surface area contributed by atoms with Crippen LogP contribution in [-0.2, 0) is 4.79 Å². The second kappa shape index (κ2) is 6.96. The van der Waals surface area contributed by atoms with E-state index in [9.17, 15) is 4.79 Å². The lowest BCUT2D eigenvalue weighted by Gasteiger charge is -2.32. The van der Waals surface area contributed by atoms with Crippen LogP contribution in [0.1, 0.15) is 18.5 Å². The molecular weight excluding hydrogens is 312 g/mol. The van der Waals surface area contributed by atoms with E-state index in [1.165, 1.54) is 6.20 Å². The number of amides is 1. The van der Waals surface area contributed by atoms with E-state index in [-0.39, 0.29) is 11.8 Å². The number of aryl methyl sites for hydroxylation is 1. The normalized spacial score (nSPS) is 17.8. The number of piperidine rings is 1. The molecule has 1 atom stereocenters. The van der Waals surface area contributed by atoms with Crippen LogP contribution in [0, 0.1) is 12.8 Å². The number of nitrogens with zero attached hydrogens (tertiary/aromatic N) is 3. The number of aromatic nitrogens is 2. The first-order valence-electron chi connectivity index (χ1n) is 7.73. The minimum atomic E-state index is -0.0662. The number of pyridine rings is 2. The van der Waals surface area contributed by atoms with Crippen LogP contribution < -0.4 is 10.2 Å². The average Bonchev–Trinajstić information content (AvgIpc) is 2.57. The van der Waals surface area contributed by atoms with E-state index in [2.05, 4.69) is 20.2 Å². The van der Waals surface area contributed by atoms with Crippen molar-refractivity contribution in [2.24, 2.45) is 5.92 Å². The summed E-state index contributed by atoms with van der Waals surface area (Å²) in [4.78, 5) is 23.3. The molecule has 1 saturated heterocycles. The van der Waals surface area contributed by atoms with Crippen molar-refractivity contribution in [2.45, 2.75) is 19.8 Å². The predicted molar refractivity (Wildman–Crippen MR) is 91.8 cm³/mol. The summed E-state index contributed by atoms with van der Waals surface area (Å²) in [6, 6.07) is 9.40. The highest BCUT2D eigenvalue weighted by atomic mass is 35.5. The Morgan fingerprint density at radius 2 is 2.22 bits per heavy atom. The molecule has 0 saturated carbocycles. The van der Waals surface area contributed by atoms with Gasteiger partial charge in [-0.3, -0.25) is 4.79 Å². The molecule has 2 aromatic rings. The summed E-state index contributed by atoms with van der Waals surface area (Å²) in [7, 11) is 0. The Labute approximate surface area is 140 Å². The molecule has 2 aromatic heterocycles. The number of carbonyl (C=O) groups excluding carboxylic acids is 1. The molecule has 0 radical (unpaired) electrons. The lowest BCUT2D eigenvalue weighted by Crippen LogP contribution is -2.41. The van der Waals surface area contributed by atoms with E-state index in [0.717, 1.165) is 30.9 Å². The highest BCUT2D eigenvalue weighted by Crippen LogP contribution is 2.23. The topological polar surface area (TPSA) is 58.1 Å². The molecule has 3 rings (SSSR count). The standard InChI is InChI=1S/C17H19ClN4O/c1-12-4-2-6-16(20-12)22-9-3-5-13(11-22)17(23)21-15-8-7-14(18)10-19-15/h2,4,6-8,10,13H,3,5,9,11H2,1H3,(H,19,21,23). The van der Waals surface area contributed by atoms with Gasteiger partial charge in [0.05, 0.1) is 10.9 Å². The van der Waals surface area contributed by atoms with Gasteiger partial charge in [0.15, 0.2) is 0 Å². The predicted octanol–water partition coefficient (Wildman–Crippen LogP) is 3.29. The second-order valence-electron chi connectivity index (χ2n) is 5.77. The van der Waals surface area contributed by atoms with Gasteiger partial charge in [-0.05, 0) is 44.0 Å². The summed E-state index contributed by atoms with van der Waals surface area (Å²) in [6.45, 7) is 3.58. The maximum absolute atomic E-state index is 12.5. The largest absolute Gasteiger partial charge is 0.356 e. The van der Waals surface area contributed by atoms with E-state index < -0.39 is 0 Å². The van der Waals surface area contributed by atoms with Crippen LogP contribution in [0.3, 0.4) is 0 Å². The van der Waals surface area contributed by atoms with Crippen molar-refractivity contribution >= 4 is 29.1 Å². The van der Waals surface area contributed by atoms with Crippen molar-refractivity contribution < 1.29 is 4.79 Å². The van der Waals surface area contributed by atoms with Gasteiger partial charge in [-0.2, -0.15) is 0 Å². The number of nitrogens with one attached hydrogen (secondary N) is 1. The first-order chi connectivity index (χ1) is 11.1. The Kier molecular flexibility index (Phi) is 4.76. The number of carbonyl (C=O) groups is 1. The molecule has 0 aliphatic carbocycles. The van der Waals surface area contributed by atoms with Gasteiger partial charge in [-0.1, -0.05) is 17.7 Å². The fourth-order valence-corrected chi connectivity index (χ4v) is 2.89. The fourth-order valence-electron chi connectivity index (χ4n) is 2.78. The smallest absolute Gasteiger partial charge is 0.230 e. The maximum atomic E-state index is 12.5. The quantitative estimate of drug-likeness (QED) is 0.938. The SMILES string of the molecule is Cc1cccc(N2CCCC(C(=O)Nc3ccc(Cl)cn3)C2)n1. The molecule has 1 N–H and O–H groups in total. The minimum absolute atomic E-state index is 0.00262. The number of halogens is 1. The maximum Gasteiger partial charge on any atom is 0.230 e. The summed E-state index contributed by atoms with van der Waals surface area (Å²) in [5.74, 6) is 1.40. The van der Waals surface area contributed by atoms with E-state index in [1.54, 1.807) is 12.1 Å². The van der Waals surface area contributed by atoms with Crippen molar-refractivity contribution in [3.8, 4) is 0 Å². The van der Waals surface area contributed by atoms with Crippen molar-refractivity contribution in [1.29, 1.82) is 0 Å². The van der Waals surface area contributed by atoms with Crippen LogP contribution in [-0.4, -0.2) is 29.0 Å². The van der Waals surface area contributed by atoms with Crippen LogP contribution in [0.25, 0.3) is 0 Å². The summed E-state index contributed by atoms with van der Waals surface area (Å²) in [5, 5.41) is 3.42. The molecule has 1 fully saturated rings. The zero-order valence-electron chi connectivity index (χ0n) is 13.0. The Hall–Kier alpha value is -2.14. The molecule has 120 valence electrons. The highest BCUT2D eigenvalue weighted by molar-refractivity contribution is 6.30. The van der Waals surface area contributed by atoms with Crippen molar-refractivity contribution in [3.63, 3.8) is 0 Å². The second-order valence-corrected chi connectivity index (χ2v) is 6.21. The molecule has 1 aliphatic rings. The van der Waals surface area contributed by atoms with Crippen LogP contribution >= 0.6 is 11.6 Å². The lowest BCUT2D eigenvalue weighted by molar-refractivity contribution is -0.120. The van der Waals surface area contributed by atoms with Gasteiger partial charge in [0.1, 0.15) is 11.6 Å². The zero-order chi connectivity index (χ0) is 16.2. The number of hydrogen-bond acceptors (Lipinski definition) is 4. The van der Waals surface area contributed by atoms with Crippen LogP contribution in [0.4, 0.5) is 11.6 Å². The van der Waals surface area contributed by atoms with Gasteiger partial charge in [0, 0.05) is 25.0 Å². The van der Waals surface area contributed by atoms with E-state index in [4.69, 9.17) is 11.6 Å². The molecule has 1 amide bonds. The van der Waals surface area contributed by atoms with Gasteiger partial charge >= 0.3 is 0 Å². The van der Waals surface area contributed by atoms with Gasteiger partial charge < -0.3 is 10.2 Å². The molecule has 23 heavy (non-hydrogen) atoms. The summed E-state index contributed by atoms with van der Waals surface area (Å²) < 4.78 is 0. The molecule has 1 aliphatic heterocycles. The van der Waals surface area contributed by atoms with Crippen LogP contribution in [0.5, 0.6) is 0 Å². The fraction of sp³-hybridized carbons (Fsp3) is 0.353. The summed E-state index contributed by atoms with van der Waals surface area (Å²) >= 11 is 5.81. The van der Waals surface area contributed by atoms with Gasteiger partial charge in [-0.15, -0.1) is 0 Å². The molecule has 3 heterocycles. The molecule has 0 spiro atoms. The first-order valence-corrected chi connectivity index (χ1v) is 8.10. The third-order valence-electron chi connectivity index (χ3n) is 3.97. The Morgan fingerprint density at radius 3 is 2.96 bits per heavy atom. The molecular formula is C17H19ClN4O. The minimum Gasteiger partial charge on any atom is -0.356 e. The van der Waals surface area contributed by atoms with Crippen molar-refractivity contribution in [1.82, 2.24) is 9.97 Å². The summed E-state index contributed by atoms with van der Waals surface area (Å²) in [6.07, 6.45) is 3.38. The third kappa shape index (κ3) is 3.99. The molecule has 0 bridgehead atoms. The first kappa shape index (κ1) is 15.7. The van der Waals surface area contributed by atoms with Gasteiger partial charge in [-0.25, -0.2) is 9.97 Å². The summed E-state index contributed by atoms with van der Waals surface area (Å²) in [5.41, 5.74) is 0.986. The van der Waals surface area contributed by atoms with E-state index >= 15 is 0 Å². The van der Waals surface area contributed by atoms with E-state index in [1.807, 2.05) is 25.1 Å². The number of anilines is 2.